The van der Waals surface area contributed by atoms with Crippen LogP contribution in [-0.4, -0.2) is 54.6 Å². The third kappa shape index (κ3) is 7.38. The molecule has 1 atom stereocenters. The fourth-order valence-corrected chi connectivity index (χ4v) is 6.51. The zero-order valence-corrected chi connectivity index (χ0v) is 24.0. The standard InChI is InChI=1S/C30H43NO6S/c1-20-5-7-21(8-6-20)27(32)31(25-17-24(11-13-29(2,3)4)38-26(25)28(33)34)22-9-14-30(35,15-10-22)19-37-23-12-16-36-18-23/h17,20-23,35H,5-10,12,14-16,18-19H2,1-4H3,(H,33,34)/p-1/t20?,21?,22?,23-,30?/m0/s1. The molecule has 1 aromatic heterocycles. The molecule has 0 aromatic carbocycles. The van der Waals surface area contributed by atoms with Gasteiger partial charge in [0, 0.05) is 24.0 Å². The van der Waals surface area contributed by atoms with Crippen molar-refractivity contribution in [1.29, 1.82) is 0 Å². The van der Waals surface area contributed by atoms with E-state index in [0.717, 1.165) is 43.4 Å². The summed E-state index contributed by atoms with van der Waals surface area (Å²) in [7, 11) is 0. The summed E-state index contributed by atoms with van der Waals surface area (Å²) >= 11 is 1.08. The van der Waals surface area contributed by atoms with Crippen LogP contribution in [0.25, 0.3) is 0 Å². The molecule has 3 fully saturated rings. The lowest BCUT2D eigenvalue weighted by Crippen LogP contribution is -2.50. The molecule has 3 aliphatic rings. The lowest BCUT2D eigenvalue weighted by atomic mass is 9.79. The number of hydrogen-bond donors (Lipinski definition) is 1. The summed E-state index contributed by atoms with van der Waals surface area (Å²) < 4.78 is 11.3. The second-order valence-electron chi connectivity index (χ2n) is 12.5. The molecule has 2 saturated carbocycles. The van der Waals surface area contributed by atoms with Gasteiger partial charge in [0.15, 0.2) is 0 Å². The Kier molecular flexibility index (Phi) is 9.24. The Balaban J connectivity index is 1.58. The van der Waals surface area contributed by atoms with Crippen molar-refractivity contribution in [2.24, 2.45) is 17.3 Å². The number of aliphatic hydroxyl groups is 1. The van der Waals surface area contributed by atoms with E-state index < -0.39 is 11.6 Å². The first-order valence-corrected chi connectivity index (χ1v) is 14.9. The minimum absolute atomic E-state index is 0.0117. The van der Waals surface area contributed by atoms with Crippen LogP contribution < -0.4 is 10.0 Å². The minimum Gasteiger partial charge on any atom is -0.544 e. The number of carbonyl (C=O) groups is 2. The molecule has 0 radical (unpaired) electrons. The predicted molar refractivity (Wildman–Crippen MR) is 146 cm³/mol. The number of carbonyl (C=O) groups excluding carboxylic acids is 2. The van der Waals surface area contributed by atoms with Crippen LogP contribution in [-0.2, 0) is 14.3 Å². The Labute approximate surface area is 230 Å². The van der Waals surface area contributed by atoms with Gasteiger partial charge in [-0.1, -0.05) is 18.8 Å². The highest BCUT2D eigenvalue weighted by atomic mass is 32.1. The van der Waals surface area contributed by atoms with Crippen molar-refractivity contribution in [2.45, 2.75) is 103 Å². The molecule has 0 bridgehead atoms. The number of anilines is 1. The van der Waals surface area contributed by atoms with E-state index in [0.29, 0.717) is 55.4 Å². The molecule has 7 nitrogen and oxygen atoms in total. The highest BCUT2D eigenvalue weighted by molar-refractivity contribution is 7.15. The van der Waals surface area contributed by atoms with E-state index in [-0.39, 0.29) is 40.9 Å². The summed E-state index contributed by atoms with van der Waals surface area (Å²) in [6.45, 7) is 9.71. The number of carboxylic acid groups (broad SMARTS) is 1. The van der Waals surface area contributed by atoms with Gasteiger partial charge in [-0.05, 0) is 90.5 Å². The fraction of sp³-hybridized carbons (Fsp3) is 0.733. The number of nitrogens with zero attached hydrogens (tertiary/aromatic N) is 1. The Morgan fingerprint density at radius 1 is 1.18 bits per heavy atom. The smallest absolute Gasteiger partial charge is 0.230 e. The van der Waals surface area contributed by atoms with Crippen molar-refractivity contribution in [3.63, 3.8) is 0 Å². The average Bonchev–Trinajstić information content (AvgIpc) is 3.53. The molecular formula is C30H42NO6S-. The third-order valence-electron chi connectivity index (χ3n) is 8.05. The van der Waals surface area contributed by atoms with E-state index in [9.17, 15) is 19.8 Å². The topological polar surface area (TPSA) is 99.1 Å². The summed E-state index contributed by atoms with van der Waals surface area (Å²) in [5, 5.41) is 23.4. The largest absolute Gasteiger partial charge is 0.544 e. The number of ether oxygens (including phenoxy) is 2. The predicted octanol–water partition coefficient (Wildman–Crippen LogP) is 4.15. The molecule has 1 aliphatic heterocycles. The lowest BCUT2D eigenvalue weighted by molar-refractivity contribution is -0.254. The quantitative estimate of drug-likeness (QED) is 0.518. The van der Waals surface area contributed by atoms with E-state index in [2.05, 4.69) is 18.8 Å². The van der Waals surface area contributed by atoms with Crippen molar-refractivity contribution in [3.05, 3.63) is 15.8 Å². The van der Waals surface area contributed by atoms with Crippen LogP contribution in [0.2, 0.25) is 0 Å². The van der Waals surface area contributed by atoms with E-state index in [1.54, 1.807) is 11.0 Å². The van der Waals surface area contributed by atoms with Gasteiger partial charge in [0.25, 0.3) is 0 Å². The highest BCUT2D eigenvalue weighted by Gasteiger charge is 2.41. The van der Waals surface area contributed by atoms with Crippen LogP contribution in [0.1, 0.15) is 100 Å². The van der Waals surface area contributed by atoms with E-state index in [4.69, 9.17) is 9.47 Å². The second kappa shape index (κ2) is 12.1. The fourth-order valence-electron chi connectivity index (χ4n) is 5.68. The minimum atomic E-state index is -1.29. The SMILES string of the molecule is CC1CCC(C(=O)N(c2cc(C#CC(C)(C)C)sc2C(=O)[O-])C2CCC(O)(CO[C@H]3CCOC3)CC2)CC1. The molecule has 1 saturated heterocycles. The summed E-state index contributed by atoms with van der Waals surface area (Å²) in [5.74, 6) is 5.45. The Morgan fingerprint density at radius 2 is 1.87 bits per heavy atom. The van der Waals surface area contributed by atoms with Gasteiger partial charge in [0.1, 0.15) is 0 Å². The summed E-state index contributed by atoms with van der Waals surface area (Å²) in [6, 6.07) is 1.55. The van der Waals surface area contributed by atoms with Crippen molar-refractivity contribution in [2.75, 3.05) is 24.7 Å². The Bertz CT molecular complexity index is 1040. The zero-order chi connectivity index (χ0) is 27.5. The van der Waals surface area contributed by atoms with Gasteiger partial charge in [0.05, 0.1) is 46.3 Å². The zero-order valence-electron chi connectivity index (χ0n) is 23.2. The van der Waals surface area contributed by atoms with E-state index >= 15 is 0 Å². The third-order valence-corrected chi connectivity index (χ3v) is 9.07. The van der Waals surface area contributed by atoms with Crippen LogP contribution >= 0.6 is 11.3 Å². The van der Waals surface area contributed by atoms with Crippen LogP contribution in [0.5, 0.6) is 0 Å². The second-order valence-corrected chi connectivity index (χ2v) is 13.6. The number of hydrogen-bond acceptors (Lipinski definition) is 7. The molecule has 1 aromatic rings. The maximum absolute atomic E-state index is 14.0. The van der Waals surface area contributed by atoms with Crippen molar-refractivity contribution >= 4 is 28.9 Å². The Morgan fingerprint density at radius 3 is 2.45 bits per heavy atom. The van der Waals surface area contributed by atoms with Gasteiger partial charge in [-0.2, -0.15) is 0 Å². The van der Waals surface area contributed by atoms with Crippen molar-refractivity contribution in [1.82, 2.24) is 0 Å². The van der Waals surface area contributed by atoms with Gasteiger partial charge in [-0.15, -0.1) is 11.3 Å². The number of carboxylic acids is 1. The Hall–Kier alpha value is -1.92. The average molecular weight is 545 g/mol. The molecule has 4 rings (SSSR count). The summed E-state index contributed by atoms with van der Waals surface area (Å²) in [5.41, 5.74) is -0.796. The van der Waals surface area contributed by atoms with Crippen LogP contribution in [0.3, 0.4) is 0 Å². The lowest BCUT2D eigenvalue weighted by Gasteiger charge is -2.42. The molecular weight excluding hydrogens is 502 g/mol. The maximum atomic E-state index is 14.0. The van der Waals surface area contributed by atoms with Gasteiger partial charge < -0.3 is 29.4 Å². The highest BCUT2D eigenvalue weighted by Crippen LogP contribution is 2.40. The number of aromatic carboxylic acids is 1. The molecule has 2 heterocycles. The van der Waals surface area contributed by atoms with Crippen molar-refractivity contribution in [3.8, 4) is 11.8 Å². The van der Waals surface area contributed by atoms with E-state index in [1.807, 2.05) is 20.8 Å². The first-order valence-electron chi connectivity index (χ1n) is 14.1. The van der Waals surface area contributed by atoms with Crippen LogP contribution in [0, 0.1) is 29.1 Å². The number of thiophene rings is 1. The molecule has 210 valence electrons. The van der Waals surface area contributed by atoms with Crippen LogP contribution in [0.4, 0.5) is 5.69 Å². The molecule has 0 unspecified atom stereocenters. The van der Waals surface area contributed by atoms with Crippen molar-refractivity contribution < 1.29 is 29.3 Å². The van der Waals surface area contributed by atoms with Gasteiger partial charge in [-0.25, -0.2) is 0 Å². The van der Waals surface area contributed by atoms with Gasteiger partial charge in [-0.3, -0.25) is 4.79 Å². The van der Waals surface area contributed by atoms with Gasteiger partial charge >= 0.3 is 0 Å². The maximum Gasteiger partial charge on any atom is 0.230 e. The number of rotatable bonds is 7. The molecule has 1 amide bonds. The first kappa shape index (κ1) is 29.1. The molecule has 1 N–H and O–H groups in total. The summed E-state index contributed by atoms with van der Waals surface area (Å²) in [6.07, 6.45) is 6.59. The van der Waals surface area contributed by atoms with E-state index in [1.165, 1.54) is 0 Å². The monoisotopic (exact) mass is 544 g/mol. The summed E-state index contributed by atoms with van der Waals surface area (Å²) in [4.78, 5) is 28.7. The number of amides is 1. The van der Waals surface area contributed by atoms with Gasteiger partial charge in [0.2, 0.25) is 5.91 Å². The normalized spacial score (nSPS) is 29.9. The molecule has 8 heteroatoms. The first-order chi connectivity index (χ1) is 17.9. The molecule has 2 aliphatic carbocycles. The molecule has 38 heavy (non-hydrogen) atoms. The van der Waals surface area contributed by atoms with Crippen LogP contribution in [0.15, 0.2) is 6.07 Å². The molecule has 0 spiro atoms.